The molecule has 0 unspecified atom stereocenters. The number of rotatable bonds is 6. The number of cyclic esters (lactones) is 1. The predicted octanol–water partition coefficient (Wildman–Crippen LogP) is 3.28. The van der Waals surface area contributed by atoms with Crippen molar-refractivity contribution in [3.05, 3.63) is 59.3 Å². The van der Waals surface area contributed by atoms with Crippen LogP contribution in [-0.2, 0) is 19.1 Å². The Kier molecular flexibility index (Phi) is 6.26. The van der Waals surface area contributed by atoms with Gasteiger partial charge in [0.25, 0.3) is 0 Å². The molecule has 0 atom stereocenters. The van der Waals surface area contributed by atoms with Gasteiger partial charge in [-0.1, -0.05) is 6.07 Å². The topological polar surface area (TPSA) is 100 Å². The van der Waals surface area contributed by atoms with Gasteiger partial charge in [0.2, 0.25) is 5.90 Å². The van der Waals surface area contributed by atoms with Gasteiger partial charge in [-0.05, 0) is 55.0 Å². The minimum absolute atomic E-state index is 0.0501. The van der Waals surface area contributed by atoms with E-state index in [-0.39, 0.29) is 23.1 Å². The summed E-state index contributed by atoms with van der Waals surface area (Å²) in [5.74, 6) is -0.736. The summed E-state index contributed by atoms with van der Waals surface area (Å²) in [5, 5.41) is 0. The van der Waals surface area contributed by atoms with E-state index in [0.29, 0.717) is 23.5 Å². The van der Waals surface area contributed by atoms with Crippen LogP contribution in [-0.4, -0.2) is 30.4 Å². The molecule has 1 aliphatic rings. The summed E-state index contributed by atoms with van der Waals surface area (Å²) in [5.41, 5.74) is 1.21. The number of esters is 3. The molecule has 0 bridgehead atoms. The molecule has 0 saturated carbocycles. The van der Waals surface area contributed by atoms with E-state index < -0.39 is 17.9 Å². The number of ether oxygens (including phenoxy) is 4. The van der Waals surface area contributed by atoms with Gasteiger partial charge in [0, 0.05) is 19.4 Å². The molecule has 30 heavy (non-hydrogen) atoms. The van der Waals surface area contributed by atoms with E-state index >= 15 is 0 Å². The molecule has 1 heterocycles. The van der Waals surface area contributed by atoms with Crippen molar-refractivity contribution in [1.29, 1.82) is 0 Å². The van der Waals surface area contributed by atoms with E-state index in [9.17, 15) is 14.4 Å². The highest BCUT2D eigenvalue weighted by atomic mass is 16.6. The summed E-state index contributed by atoms with van der Waals surface area (Å²) in [6, 6.07) is 11.5. The Bertz CT molecular complexity index is 1050. The zero-order valence-corrected chi connectivity index (χ0v) is 16.6. The van der Waals surface area contributed by atoms with Crippen molar-refractivity contribution in [3.8, 4) is 17.2 Å². The molecule has 154 valence electrons. The van der Waals surface area contributed by atoms with Gasteiger partial charge in [-0.2, -0.15) is 0 Å². The SMILES string of the molecule is CCOc1ccc(C2=N/C(=C\c3ccc(OC(C)=O)c(OC(C)=O)c3)C(=O)O2)cc1. The third-order valence-corrected chi connectivity index (χ3v) is 3.81. The molecule has 1 aliphatic heterocycles. The number of carbonyl (C=O) groups is 3. The molecular formula is C22H19NO7. The van der Waals surface area contributed by atoms with E-state index in [0.717, 1.165) is 0 Å². The number of carbonyl (C=O) groups excluding carboxylic acids is 3. The van der Waals surface area contributed by atoms with E-state index in [1.807, 2.05) is 6.92 Å². The maximum absolute atomic E-state index is 12.2. The van der Waals surface area contributed by atoms with Crippen molar-refractivity contribution in [2.75, 3.05) is 6.61 Å². The fourth-order valence-corrected chi connectivity index (χ4v) is 2.64. The Morgan fingerprint density at radius 3 is 2.30 bits per heavy atom. The third kappa shape index (κ3) is 5.11. The van der Waals surface area contributed by atoms with Gasteiger partial charge in [0.05, 0.1) is 6.61 Å². The summed E-state index contributed by atoms with van der Waals surface area (Å²) in [7, 11) is 0. The minimum atomic E-state index is -0.614. The largest absolute Gasteiger partial charge is 0.494 e. The summed E-state index contributed by atoms with van der Waals surface area (Å²) in [6.07, 6.45) is 1.48. The second-order valence-electron chi connectivity index (χ2n) is 6.19. The van der Waals surface area contributed by atoms with Crippen LogP contribution in [0.25, 0.3) is 6.08 Å². The Labute approximate surface area is 172 Å². The van der Waals surface area contributed by atoms with E-state index in [4.69, 9.17) is 18.9 Å². The standard InChI is InChI=1S/C22H19NO7/c1-4-27-17-8-6-16(7-9-17)21-23-18(22(26)30-21)11-15-5-10-19(28-13(2)24)20(12-15)29-14(3)25/h5-12H,4H2,1-3H3/b18-11-. The van der Waals surface area contributed by atoms with Gasteiger partial charge in [-0.15, -0.1) is 0 Å². The number of nitrogens with zero attached hydrogens (tertiary/aromatic N) is 1. The van der Waals surface area contributed by atoms with Crippen LogP contribution < -0.4 is 14.2 Å². The monoisotopic (exact) mass is 409 g/mol. The quantitative estimate of drug-likeness (QED) is 0.410. The van der Waals surface area contributed by atoms with Crippen molar-refractivity contribution >= 4 is 29.9 Å². The van der Waals surface area contributed by atoms with Crippen LogP contribution in [0.5, 0.6) is 17.2 Å². The molecule has 8 nitrogen and oxygen atoms in total. The van der Waals surface area contributed by atoms with Crippen LogP contribution in [0.4, 0.5) is 0 Å². The first-order valence-corrected chi connectivity index (χ1v) is 9.12. The zero-order valence-electron chi connectivity index (χ0n) is 16.6. The second-order valence-corrected chi connectivity index (χ2v) is 6.19. The first-order chi connectivity index (χ1) is 14.4. The predicted molar refractivity (Wildman–Crippen MR) is 107 cm³/mol. The Morgan fingerprint density at radius 2 is 1.67 bits per heavy atom. The van der Waals surface area contributed by atoms with Crippen molar-refractivity contribution in [2.45, 2.75) is 20.8 Å². The summed E-state index contributed by atoms with van der Waals surface area (Å²) in [6.45, 7) is 4.90. The maximum Gasteiger partial charge on any atom is 0.363 e. The molecular weight excluding hydrogens is 390 g/mol. The molecule has 0 amide bonds. The lowest BCUT2D eigenvalue weighted by Crippen LogP contribution is -2.07. The van der Waals surface area contributed by atoms with Crippen LogP contribution in [0.1, 0.15) is 31.9 Å². The van der Waals surface area contributed by atoms with Crippen LogP contribution in [0.15, 0.2) is 53.2 Å². The average Bonchev–Trinajstić information content (AvgIpc) is 3.04. The molecule has 0 aromatic heterocycles. The summed E-state index contributed by atoms with van der Waals surface area (Å²) in [4.78, 5) is 39.0. The van der Waals surface area contributed by atoms with Crippen LogP contribution in [0, 0.1) is 0 Å². The minimum Gasteiger partial charge on any atom is -0.494 e. The van der Waals surface area contributed by atoms with Gasteiger partial charge >= 0.3 is 17.9 Å². The van der Waals surface area contributed by atoms with Gasteiger partial charge in [0.15, 0.2) is 17.2 Å². The lowest BCUT2D eigenvalue weighted by molar-refractivity contribution is -0.134. The van der Waals surface area contributed by atoms with E-state index in [2.05, 4.69) is 4.99 Å². The highest BCUT2D eigenvalue weighted by molar-refractivity contribution is 6.12. The van der Waals surface area contributed by atoms with Crippen molar-refractivity contribution in [1.82, 2.24) is 0 Å². The Morgan fingerprint density at radius 1 is 1.00 bits per heavy atom. The number of hydrogen-bond acceptors (Lipinski definition) is 8. The second kappa shape index (κ2) is 9.04. The van der Waals surface area contributed by atoms with Gasteiger partial charge < -0.3 is 18.9 Å². The molecule has 3 rings (SSSR count). The molecule has 8 heteroatoms. The molecule has 0 saturated heterocycles. The highest BCUT2D eigenvalue weighted by Gasteiger charge is 2.24. The van der Waals surface area contributed by atoms with Crippen LogP contribution in [0.3, 0.4) is 0 Å². The van der Waals surface area contributed by atoms with Crippen molar-refractivity contribution in [2.24, 2.45) is 4.99 Å². The van der Waals surface area contributed by atoms with Gasteiger partial charge in [-0.3, -0.25) is 9.59 Å². The lowest BCUT2D eigenvalue weighted by Gasteiger charge is -2.09. The van der Waals surface area contributed by atoms with Crippen LogP contribution >= 0.6 is 0 Å². The first kappa shape index (κ1) is 20.8. The fourth-order valence-electron chi connectivity index (χ4n) is 2.64. The van der Waals surface area contributed by atoms with Gasteiger partial charge in [-0.25, -0.2) is 9.79 Å². The highest BCUT2D eigenvalue weighted by Crippen LogP contribution is 2.30. The van der Waals surface area contributed by atoms with E-state index in [1.165, 1.54) is 32.1 Å². The van der Waals surface area contributed by atoms with Crippen molar-refractivity contribution in [3.63, 3.8) is 0 Å². The third-order valence-electron chi connectivity index (χ3n) is 3.81. The fraction of sp³-hybridized carbons (Fsp3) is 0.182. The molecule has 0 spiro atoms. The Balaban J connectivity index is 1.88. The van der Waals surface area contributed by atoms with E-state index in [1.54, 1.807) is 30.3 Å². The van der Waals surface area contributed by atoms with Crippen LogP contribution in [0.2, 0.25) is 0 Å². The molecule has 0 aliphatic carbocycles. The summed E-state index contributed by atoms with van der Waals surface area (Å²) < 4.78 is 20.8. The molecule has 0 radical (unpaired) electrons. The molecule has 0 fully saturated rings. The Hall–Kier alpha value is -3.94. The number of hydrogen-bond donors (Lipinski definition) is 0. The molecule has 0 N–H and O–H groups in total. The molecule has 2 aromatic rings. The summed E-state index contributed by atoms with van der Waals surface area (Å²) >= 11 is 0. The smallest absolute Gasteiger partial charge is 0.363 e. The average molecular weight is 409 g/mol. The normalized spacial score (nSPS) is 14.2. The molecule has 2 aromatic carbocycles. The maximum atomic E-state index is 12.2. The first-order valence-electron chi connectivity index (χ1n) is 9.12. The van der Waals surface area contributed by atoms with Crippen molar-refractivity contribution < 1.29 is 33.3 Å². The number of aliphatic imine (C=N–C) groups is 1. The lowest BCUT2D eigenvalue weighted by atomic mass is 10.1. The van der Waals surface area contributed by atoms with Gasteiger partial charge in [0.1, 0.15) is 5.75 Å². The number of benzene rings is 2. The zero-order chi connectivity index (χ0) is 21.7.